The summed E-state index contributed by atoms with van der Waals surface area (Å²) in [6.07, 6.45) is 4.76. The second-order valence-corrected chi connectivity index (χ2v) is 6.44. The predicted octanol–water partition coefficient (Wildman–Crippen LogP) is 2.43. The van der Waals surface area contributed by atoms with Gasteiger partial charge in [-0.25, -0.2) is 0 Å². The molecule has 1 aliphatic carbocycles. The zero-order valence-corrected chi connectivity index (χ0v) is 13.5. The zero-order valence-electron chi connectivity index (χ0n) is 13.5. The number of benzene rings is 1. The Hall–Kier alpha value is -1.84. The average Bonchev–Trinajstić information content (AvgIpc) is 2.98. The van der Waals surface area contributed by atoms with E-state index in [9.17, 15) is 9.59 Å². The van der Waals surface area contributed by atoms with Gasteiger partial charge in [-0.1, -0.05) is 57.0 Å². The van der Waals surface area contributed by atoms with E-state index in [-0.39, 0.29) is 23.8 Å². The molecule has 0 saturated heterocycles. The maximum absolute atomic E-state index is 12.4. The molecule has 0 aliphatic heterocycles. The summed E-state index contributed by atoms with van der Waals surface area (Å²) in [5.41, 5.74) is 0.957. The van der Waals surface area contributed by atoms with Gasteiger partial charge in [-0.15, -0.1) is 0 Å². The van der Waals surface area contributed by atoms with E-state index in [2.05, 4.69) is 10.6 Å². The van der Waals surface area contributed by atoms with Crippen LogP contribution in [0.5, 0.6) is 0 Å². The minimum atomic E-state index is -0.461. The van der Waals surface area contributed by atoms with Crippen molar-refractivity contribution < 1.29 is 9.59 Å². The molecule has 2 amide bonds. The summed E-state index contributed by atoms with van der Waals surface area (Å²) in [4.78, 5) is 24.6. The normalized spacial score (nSPS) is 16.5. The van der Waals surface area contributed by atoms with Gasteiger partial charge in [-0.2, -0.15) is 0 Å². The van der Waals surface area contributed by atoms with E-state index in [1.165, 1.54) is 12.8 Å². The first-order chi connectivity index (χ1) is 10.6. The fraction of sp³-hybridized carbons (Fsp3) is 0.556. The lowest BCUT2D eigenvalue weighted by atomic mass is 10.0. The molecule has 1 unspecified atom stereocenters. The minimum absolute atomic E-state index is 0.0525. The molecule has 2 N–H and O–H groups in total. The van der Waals surface area contributed by atoms with Gasteiger partial charge in [0, 0.05) is 6.04 Å². The average molecular weight is 302 g/mol. The van der Waals surface area contributed by atoms with Gasteiger partial charge in [-0.3, -0.25) is 9.59 Å². The first kappa shape index (κ1) is 16.5. The fourth-order valence-corrected chi connectivity index (χ4v) is 2.90. The molecular weight excluding hydrogens is 276 g/mol. The Morgan fingerprint density at radius 2 is 1.77 bits per heavy atom. The second kappa shape index (κ2) is 7.97. The molecule has 0 aromatic heterocycles. The molecule has 0 heterocycles. The number of amides is 2. The monoisotopic (exact) mass is 302 g/mol. The maximum atomic E-state index is 12.4. The minimum Gasteiger partial charge on any atom is -0.352 e. The summed E-state index contributed by atoms with van der Waals surface area (Å²) in [5, 5.41) is 5.96. The van der Waals surface area contributed by atoms with Crippen molar-refractivity contribution in [2.45, 2.75) is 58.0 Å². The summed E-state index contributed by atoms with van der Waals surface area (Å²) in [7, 11) is 0. The smallest absolute Gasteiger partial charge is 0.243 e. The van der Waals surface area contributed by atoms with Gasteiger partial charge in [0.1, 0.15) is 6.04 Å². The quantitative estimate of drug-likeness (QED) is 0.848. The van der Waals surface area contributed by atoms with E-state index in [4.69, 9.17) is 0 Å². The largest absolute Gasteiger partial charge is 0.352 e. The number of carbonyl (C=O) groups excluding carboxylic acids is 2. The molecule has 1 saturated carbocycles. The Balaban J connectivity index is 1.90. The van der Waals surface area contributed by atoms with Crippen molar-refractivity contribution >= 4 is 11.8 Å². The van der Waals surface area contributed by atoms with E-state index in [1.807, 2.05) is 44.2 Å². The highest BCUT2D eigenvalue weighted by Gasteiger charge is 2.27. The Labute approximate surface area is 132 Å². The van der Waals surface area contributed by atoms with Crippen LogP contribution in [0, 0.1) is 5.92 Å². The molecule has 120 valence electrons. The number of rotatable bonds is 6. The van der Waals surface area contributed by atoms with Crippen LogP contribution >= 0.6 is 0 Å². The van der Waals surface area contributed by atoms with Gasteiger partial charge in [0.05, 0.1) is 6.42 Å². The molecule has 0 bridgehead atoms. The Bertz CT molecular complexity index is 493. The highest BCUT2D eigenvalue weighted by Crippen LogP contribution is 2.18. The first-order valence-corrected chi connectivity index (χ1v) is 8.20. The Morgan fingerprint density at radius 3 is 2.36 bits per heavy atom. The number of hydrogen-bond acceptors (Lipinski definition) is 2. The van der Waals surface area contributed by atoms with Crippen LogP contribution in [0.1, 0.15) is 45.1 Å². The van der Waals surface area contributed by atoms with Crippen molar-refractivity contribution in [3.8, 4) is 0 Å². The molecule has 0 spiro atoms. The zero-order chi connectivity index (χ0) is 15.9. The van der Waals surface area contributed by atoms with Crippen LogP contribution in [0.15, 0.2) is 30.3 Å². The van der Waals surface area contributed by atoms with Crippen molar-refractivity contribution in [3.05, 3.63) is 35.9 Å². The van der Waals surface area contributed by atoms with Crippen molar-refractivity contribution in [2.75, 3.05) is 0 Å². The fourth-order valence-electron chi connectivity index (χ4n) is 2.90. The van der Waals surface area contributed by atoms with Crippen molar-refractivity contribution in [1.82, 2.24) is 10.6 Å². The molecule has 1 aromatic carbocycles. The molecule has 4 heteroatoms. The van der Waals surface area contributed by atoms with Crippen molar-refractivity contribution in [1.29, 1.82) is 0 Å². The summed E-state index contributed by atoms with van der Waals surface area (Å²) in [6, 6.07) is 9.40. The van der Waals surface area contributed by atoms with Crippen LogP contribution in [0.4, 0.5) is 0 Å². The third-order valence-electron chi connectivity index (χ3n) is 4.17. The highest BCUT2D eigenvalue weighted by molar-refractivity contribution is 5.88. The van der Waals surface area contributed by atoms with Crippen LogP contribution in [-0.4, -0.2) is 23.9 Å². The van der Waals surface area contributed by atoms with Gasteiger partial charge in [0.15, 0.2) is 0 Å². The molecule has 1 fully saturated rings. The molecule has 22 heavy (non-hydrogen) atoms. The van der Waals surface area contributed by atoms with Gasteiger partial charge < -0.3 is 10.6 Å². The van der Waals surface area contributed by atoms with E-state index in [0.717, 1.165) is 18.4 Å². The molecule has 2 rings (SSSR count). The van der Waals surface area contributed by atoms with Crippen molar-refractivity contribution in [3.63, 3.8) is 0 Å². The number of hydrogen-bond donors (Lipinski definition) is 2. The molecule has 1 aromatic rings. The maximum Gasteiger partial charge on any atom is 0.243 e. The van der Waals surface area contributed by atoms with E-state index in [0.29, 0.717) is 6.42 Å². The van der Waals surface area contributed by atoms with Gasteiger partial charge in [0.2, 0.25) is 11.8 Å². The summed E-state index contributed by atoms with van der Waals surface area (Å²) >= 11 is 0. The molecular formula is C18H26N2O2. The third-order valence-corrected chi connectivity index (χ3v) is 4.17. The topological polar surface area (TPSA) is 58.2 Å². The Kier molecular flexibility index (Phi) is 5.99. The third kappa shape index (κ3) is 4.86. The lowest BCUT2D eigenvalue weighted by molar-refractivity contribution is -0.130. The molecule has 1 atom stereocenters. The van der Waals surface area contributed by atoms with E-state index >= 15 is 0 Å². The van der Waals surface area contributed by atoms with Gasteiger partial charge in [-0.05, 0) is 24.3 Å². The SMILES string of the molecule is CC(C)C(NC(=O)Cc1ccccc1)C(=O)NC1CCCC1. The molecule has 4 nitrogen and oxygen atoms in total. The van der Waals surface area contributed by atoms with Crippen LogP contribution < -0.4 is 10.6 Å². The second-order valence-electron chi connectivity index (χ2n) is 6.44. The standard InChI is InChI=1S/C18H26N2O2/c1-13(2)17(18(22)19-15-10-6-7-11-15)20-16(21)12-14-8-4-3-5-9-14/h3-5,8-9,13,15,17H,6-7,10-12H2,1-2H3,(H,19,22)(H,20,21). The van der Waals surface area contributed by atoms with Crippen LogP contribution in [0.25, 0.3) is 0 Å². The van der Waals surface area contributed by atoms with Crippen molar-refractivity contribution in [2.24, 2.45) is 5.92 Å². The number of carbonyl (C=O) groups is 2. The van der Waals surface area contributed by atoms with Crippen LogP contribution in [0.3, 0.4) is 0 Å². The molecule has 0 radical (unpaired) electrons. The number of nitrogens with one attached hydrogen (secondary N) is 2. The van der Waals surface area contributed by atoms with E-state index < -0.39 is 6.04 Å². The van der Waals surface area contributed by atoms with Crippen LogP contribution in [-0.2, 0) is 16.0 Å². The van der Waals surface area contributed by atoms with Gasteiger partial charge in [0.25, 0.3) is 0 Å². The Morgan fingerprint density at radius 1 is 1.14 bits per heavy atom. The lowest BCUT2D eigenvalue weighted by Gasteiger charge is -2.24. The summed E-state index contributed by atoms with van der Waals surface area (Å²) in [5.74, 6) is -0.0871. The van der Waals surface area contributed by atoms with Crippen LogP contribution in [0.2, 0.25) is 0 Å². The summed E-state index contributed by atoms with van der Waals surface area (Å²) < 4.78 is 0. The highest BCUT2D eigenvalue weighted by atomic mass is 16.2. The molecule has 1 aliphatic rings. The predicted molar refractivity (Wildman–Crippen MR) is 87.3 cm³/mol. The van der Waals surface area contributed by atoms with E-state index in [1.54, 1.807) is 0 Å². The summed E-state index contributed by atoms with van der Waals surface area (Å²) in [6.45, 7) is 3.92. The van der Waals surface area contributed by atoms with Gasteiger partial charge >= 0.3 is 0 Å². The first-order valence-electron chi connectivity index (χ1n) is 8.20. The lowest BCUT2D eigenvalue weighted by Crippen LogP contribution is -2.52.